The minimum absolute atomic E-state index is 0.640. The molecule has 2 nitrogen and oxygen atoms in total. The number of hydrogen-bond acceptors (Lipinski definition) is 2. The molecule has 0 spiro atoms. The van der Waals surface area contributed by atoms with E-state index in [1.807, 2.05) is 19.2 Å². The molecule has 0 saturated heterocycles. The van der Waals surface area contributed by atoms with Gasteiger partial charge in [0.2, 0.25) is 0 Å². The van der Waals surface area contributed by atoms with Crippen molar-refractivity contribution in [3.63, 3.8) is 0 Å². The Labute approximate surface area is 72.9 Å². The van der Waals surface area contributed by atoms with Crippen LogP contribution in [0.25, 0.3) is 0 Å². The maximum atomic E-state index is 8.34. The SMILES string of the molecule is Cc1cc(CCCC#N)ccn1. The molecule has 0 amide bonds. The number of aryl methyl sites for hydroxylation is 2. The highest BCUT2D eigenvalue weighted by Crippen LogP contribution is 2.04. The normalized spacial score (nSPS) is 9.33. The second-order valence-corrected chi connectivity index (χ2v) is 2.82. The van der Waals surface area contributed by atoms with Crippen molar-refractivity contribution in [2.45, 2.75) is 26.2 Å². The summed E-state index contributed by atoms with van der Waals surface area (Å²) in [5, 5.41) is 8.34. The lowest BCUT2D eigenvalue weighted by atomic mass is 10.1. The second-order valence-electron chi connectivity index (χ2n) is 2.82. The Morgan fingerprint density at radius 2 is 2.42 bits per heavy atom. The Hall–Kier alpha value is -1.36. The van der Waals surface area contributed by atoms with Gasteiger partial charge in [0.05, 0.1) is 6.07 Å². The van der Waals surface area contributed by atoms with Crippen molar-refractivity contribution in [3.8, 4) is 6.07 Å². The molecule has 0 saturated carbocycles. The second kappa shape index (κ2) is 4.50. The first kappa shape index (κ1) is 8.73. The third-order valence-electron chi connectivity index (χ3n) is 1.72. The summed E-state index contributed by atoms with van der Waals surface area (Å²) in [6, 6.07) is 6.21. The summed E-state index contributed by atoms with van der Waals surface area (Å²) >= 11 is 0. The number of nitriles is 1. The van der Waals surface area contributed by atoms with E-state index in [0.29, 0.717) is 6.42 Å². The summed E-state index contributed by atoms with van der Waals surface area (Å²) in [4.78, 5) is 4.10. The van der Waals surface area contributed by atoms with E-state index in [1.54, 1.807) is 0 Å². The fourth-order valence-corrected chi connectivity index (χ4v) is 1.13. The van der Waals surface area contributed by atoms with Crippen molar-refractivity contribution < 1.29 is 0 Å². The van der Waals surface area contributed by atoms with E-state index in [9.17, 15) is 0 Å². The van der Waals surface area contributed by atoms with Crippen LogP contribution >= 0.6 is 0 Å². The van der Waals surface area contributed by atoms with Gasteiger partial charge in [0.1, 0.15) is 0 Å². The summed E-state index contributed by atoms with van der Waals surface area (Å²) in [6.07, 6.45) is 4.38. The third-order valence-corrected chi connectivity index (χ3v) is 1.72. The minimum Gasteiger partial charge on any atom is -0.262 e. The van der Waals surface area contributed by atoms with Gasteiger partial charge in [-0.3, -0.25) is 4.98 Å². The van der Waals surface area contributed by atoms with Crippen LogP contribution in [-0.4, -0.2) is 4.98 Å². The highest BCUT2D eigenvalue weighted by atomic mass is 14.6. The van der Waals surface area contributed by atoms with Crippen molar-refractivity contribution in [2.24, 2.45) is 0 Å². The molecule has 0 radical (unpaired) electrons. The molecule has 2 heteroatoms. The topological polar surface area (TPSA) is 36.7 Å². The van der Waals surface area contributed by atoms with Gasteiger partial charge >= 0.3 is 0 Å². The van der Waals surface area contributed by atoms with Crippen LogP contribution in [0.15, 0.2) is 18.3 Å². The molecule has 0 aromatic carbocycles. The molecule has 0 bridgehead atoms. The lowest BCUT2D eigenvalue weighted by Gasteiger charge is -1.98. The van der Waals surface area contributed by atoms with E-state index in [4.69, 9.17) is 5.26 Å². The van der Waals surface area contributed by atoms with Crippen LogP contribution in [0.1, 0.15) is 24.1 Å². The van der Waals surface area contributed by atoms with E-state index in [2.05, 4.69) is 17.1 Å². The van der Waals surface area contributed by atoms with Crippen molar-refractivity contribution in [1.82, 2.24) is 4.98 Å². The van der Waals surface area contributed by atoms with Crippen LogP contribution in [0.3, 0.4) is 0 Å². The average Bonchev–Trinajstić information content (AvgIpc) is 2.05. The fourth-order valence-electron chi connectivity index (χ4n) is 1.13. The lowest BCUT2D eigenvalue weighted by molar-refractivity contribution is 0.846. The van der Waals surface area contributed by atoms with E-state index in [-0.39, 0.29) is 0 Å². The van der Waals surface area contributed by atoms with Crippen LogP contribution in [0, 0.1) is 18.3 Å². The van der Waals surface area contributed by atoms with Crippen LogP contribution in [0.4, 0.5) is 0 Å². The van der Waals surface area contributed by atoms with Gasteiger partial charge in [-0.2, -0.15) is 5.26 Å². The van der Waals surface area contributed by atoms with E-state index in [0.717, 1.165) is 18.5 Å². The Bertz CT molecular complexity index is 286. The number of hydrogen-bond donors (Lipinski definition) is 0. The minimum atomic E-state index is 0.640. The van der Waals surface area contributed by atoms with Gasteiger partial charge in [0.15, 0.2) is 0 Å². The fraction of sp³-hybridized carbons (Fsp3) is 0.400. The molecular weight excluding hydrogens is 148 g/mol. The summed E-state index contributed by atoms with van der Waals surface area (Å²) < 4.78 is 0. The van der Waals surface area contributed by atoms with Crippen molar-refractivity contribution in [3.05, 3.63) is 29.6 Å². The Morgan fingerprint density at radius 1 is 1.58 bits per heavy atom. The predicted molar refractivity (Wildman–Crippen MR) is 47.5 cm³/mol. The van der Waals surface area contributed by atoms with Crippen molar-refractivity contribution in [2.75, 3.05) is 0 Å². The van der Waals surface area contributed by atoms with Crippen molar-refractivity contribution in [1.29, 1.82) is 5.26 Å². The predicted octanol–water partition coefficient (Wildman–Crippen LogP) is 2.24. The van der Waals surface area contributed by atoms with Crippen LogP contribution in [0.5, 0.6) is 0 Å². The zero-order valence-corrected chi connectivity index (χ0v) is 7.25. The molecule has 0 aliphatic rings. The summed E-state index contributed by atoms with van der Waals surface area (Å²) in [5.74, 6) is 0. The molecule has 1 heterocycles. The number of unbranched alkanes of at least 4 members (excludes halogenated alkanes) is 1. The molecule has 62 valence electrons. The van der Waals surface area contributed by atoms with E-state index in [1.165, 1.54) is 5.56 Å². The first-order valence-electron chi connectivity index (χ1n) is 4.11. The molecule has 0 fully saturated rings. The molecule has 1 rings (SSSR count). The van der Waals surface area contributed by atoms with Gasteiger partial charge < -0.3 is 0 Å². The molecule has 0 N–H and O–H groups in total. The van der Waals surface area contributed by atoms with Crippen LogP contribution in [0.2, 0.25) is 0 Å². The smallest absolute Gasteiger partial charge is 0.0621 e. The largest absolute Gasteiger partial charge is 0.262 e. The first-order chi connectivity index (χ1) is 5.83. The first-order valence-corrected chi connectivity index (χ1v) is 4.11. The van der Waals surface area contributed by atoms with Gasteiger partial charge in [-0.15, -0.1) is 0 Å². The monoisotopic (exact) mass is 160 g/mol. The Kier molecular flexibility index (Phi) is 3.28. The van der Waals surface area contributed by atoms with Gasteiger partial charge in [0, 0.05) is 18.3 Å². The van der Waals surface area contributed by atoms with Gasteiger partial charge in [-0.05, 0) is 37.5 Å². The van der Waals surface area contributed by atoms with E-state index >= 15 is 0 Å². The molecule has 1 aromatic rings. The molecule has 0 atom stereocenters. The lowest BCUT2D eigenvalue weighted by Crippen LogP contribution is -1.87. The average molecular weight is 160 g/mol. The van der Waals surface area contributed by atoms with Crippen LogP contribution < -0.4 is 0 Å². The number of pyridine rings is 1. The molecule has 0 aliphatic carbocycles. The molecule has 1 aromatic heterocycles. The van der Waals surface area contributed by atoms with Gasteiger partial charge in [-0.25, -0.2) is 0 Å². The molecule has 0 aliphatic heterocycles. The van der Waals surface area contributed by atoms with E-state index < -0.39 is 0 Å². The maximum absolute atomic E-state index is 8.34. The maximum Gasteiger partial charge on any atom is 0.0621 e. The van der Waals surface area contributed by atoms with Gasteiger partial charge in [0.25, 0.3) is 0 Å². The van der Waals surface area contributed by atoms with Crippen molar-refractivity contribution >= 4 is 0 Å². The zero-order valence-electron chi connectivity index (χ0n) is 7.25. The number of aromatic nitrogens is 1. The Morgan fingerprint density at radius 3 is 3.08 bits per heavy atom. The van der Waals surface area contributed by atoms with Gasteiger partial charge in [-0.1, -0.05) is 0 Å². The highest BCUT2D eigenvalue weighted by Gasteiger charge is 1.93. The summed E-state index contributed by atoms with van der Waals surface area (Å²) in [6.45, 7) is 1.98. The molecule has 0 unspecified atom stereocenters. The summed E-state index contributed by atoms with van der Waals surface area (Å²) in [5.41, 5.74) is 2.32. The standard InChI is InChI=1S/C10H12N2/c1-9-8-10(5-7-12-9)4-2-3-6-11/h5,7-8H,2-4H2,1H3. The third kappa shape index (κ3) is 2.71. The number of rotatable bonds is 3. The quantitative estimate of drug-likeness (QED) is 0.636. The molecular formula is C10H12N2. The highest BCUT2D eigenvalue weighted by molar-refractivity contribution is 5.15. The molecule has 12 heavy (non-hydrogen) atoms. The Balaban J connectivity index is 2.48. The zero-order chi connectivity index (χ0) is 8.81. The van der Waals surface area contributed by atoms with Crippen LogP contribution in [-0.2, 0) is 6.42 Å². The summed E-state index contributed by atoms with van der Waals surface area (Å²) in [7, 11) is 0. The number of nitrogens with zero attached hydrogens (tertiary/aromatic N) is 2.